The van der Waals surface area contributed by atoms with Crippen molar-refractivity contribution >= 4 is 11.5 Å². The van der Waals surface area contributed by atoms with E-state index in [4.69, 9.17) is 0 Å². The number of pyridine rings is 1. The Balaban J connectivity index is 1.57. The average molecular weight is 391 g/mol. The van der Waals surface area contributed by atoms with Crippen LogP contribution in [0.15, 0.2) is 36.7 Å². The van der Waals surface area contributed by atoms with E-state index < -0.39 is 12.0 Å². The fraction of sp³-hybridized carbons (Fsp3) is 0.444. The molecule has 0 saturated carbocycles. The van der Waals surface area contributed by atoms with Crippen LogP contribution < -0.4 is 4.90 Å². The van der Waals surface area contributed by atoms with E-state index in [1.807, 2.05) is 30.2 Å². The SMILES string of the molecule is C[C@@H]1CN(Cc2cccnc2)[C@@H](C)CN1c1ccc2nnc(C(F)(F)F)n2n1. The molecule has 0 amide bonds. The predicted molar refractivity (Wildman–Crippen MR) is 96.7 cm³/mol. The lowest BCUT2D eigenvalue weighted by Crippen LogP contribution is -2.56. The van der Waals surface area contributed by atoms with Crippen molar-refractivity contribution in [1.82, 2.24) is 29.7 Å². The lowest BCUT2D eigenvalue weighted by Gasteiger charge is -2.44. The van der Waals surface area contributed by atoms with Gasteiger partial charge in [0.25, 0.3) is 5.82 Å². The van der Waals surface area contributed by atoms with E-state index >= 15 is 0 Å². The van der Waals surface area contributed by atoms with Crippen LogP contribution in [0.2, 0.25) is 0 Å². The molecular formula is C18H20F3N7. The average Bonchev–Trinajstić information content (AvgIpc) is 3.09. The summed E-state index contributed by atoms with van der Waals surface area (Å²) in [6.07, 6.45) is -1.01. The molecule has 1 aliphatic heterocycles. The first-order valence-electron chi connectivity index (χ1n) is 9.02. The summed E-state index contributed by atoms with van der Waals surface area (Å²) in [6, 6.07) is 7.46. The molecule has 0 aromatic carbocycles. The number of alkyl halides is 3. The largest absolute Gasteiger partial charge is 0.453 e. The molecule has 1 saturated heterocycles. The Bertz CT molecular complexity index is 957. The third-order valence-corrected chi connectivity index (χ3v) is 5.02. The van der Waals surface area contributed by atoms with Gasteiger partial charge in [-0.05, 0) is 37.6 Å². The van der Waals surface area contributed by atoms with Crippen molar-refractivity contribution in [3.05, 3.63) is 48.0 Å². The zero-order valence-electron chi connectivity index (χ0n) is 15.5. The molecule has 148 valence electrons. The van der Waals surface area contributed by atoms with E-state index in [2.05, 4.69) is 32.1 Å². The first-order chi connectivity index (χ1) is 13.3. The van der Waals surface area contributed by atoms with Crippen LogP contribution in [0.3, 0.4) is 0 Å². The molecule has 4 rings (SSSR count). The van der Waals surface area contributed by atoms with Gasteiger partial charge >= 0.3 is 6.18 Å². The maximum atomic E-state index is 13.1. The van der Waals surface area contributed by atoms with Gasteiger partial charge in [-0.3, -0.25) is 9.88 Å². The van der Waals surface area contributed by atoms with Gasteiger partial charge in [-0.15, -0.1) is 15.3 Å². The number of aromatic nitrogens is 5. The summed E-state index contributed by atoms with van der Waals surface area (Å²) in [6.45, 7) is 6.36. The molecular weight excluding hydrogens is 371 g/mol. The standard InChI is InChI=1S/C18H20F3N7/c1-12-10-27(13(2)9-26(12)11-14-4-3-7-22-8-14)16-6-5-15-23-24-17(18(19,20)21)28(15)25-16/h3-8,12-13H,9-11H2,1-2H3/t12-,13+/m0/s1. The van der Waals surface area contributed by atoms with Gasteiger partial charge in [-0.25, -0.2) is 0 Å². The van der Waals surface area contributed by atoms with Crippen LogP contribution in [-0.4, -0.2) is 54.9 Å². The molecule has 3 aromatic rings. The first-order valence-corrected chi connectivity index (χ1v) is 9.02. The van der Waals surface area contributed by atoms with Crippen LogP contribution in [0.4, 0.5) is 19.0 Å². The number of rotatable bonds is 3. The normalized spacial score (nSPS) is 21.4. The Morgan fingerprint density at radius 1 is 1.07 bits per heavy atom. The maximum absolute atomic E-state index is 13.1. The van der Waals surface area contributed by atoms with Gasteiger partial charge in [0.2, 0.25) is 0 Å². The molecule has 0 radical (unpaired) electrons. The van der Waals surface area contributed by atoms with Crippen LogP contribution >= 0.6 is 0 Å². The monoisotopic (exact) mass is 391 g/mol. The van der Waals surface area contributed by atoms with Crippen molar-refractivity contribution in [2.45, 2.75) is 38.7 Å². The molecule has 0 bridgehead atoms. The molecule has 4 heterocycles. The van der Waals surface area contributed by atoms with Crippen LogP contribution in [0, 0.1) is 0 Å². The summed E-state index contributed by atoms with van der Waals surface area (Å²) in [5.74, 6) is -0.626. The fourth-order valence-electron chi connectivity index (χ4n) is 3.57. The van der Waals surface area contributed by atoms with Gasteiger partial charge in [0.05, 0.1) is 0 Å². The maximum Gasteiger partial charge on any atom is 0.453 e. The molecule has 0 aliphatic carbocycles. The molecule has 1 aliphatic rings. The Kier molecular flexibility index (Phi) is 4.66. The lowest BCUT2D eigenvalue weighted by atomic mass is 10.1. The number of hydrogen-bond donors (Lipinski definition) is 0. The minimum absolute atomic E-state index is 0.0759. The van der Waals surface area contributed by atoms with E-state index in [0.29, 0.717) is 12.4 Å². The molecule has 1 fully saturated rings. The molecule has 7 nitrogen and oxygen atoms in total. The predicted octanol–water partition coefficient (Wildman–Crippen LogP) is 2.64. The molecule has 2 atom stereocenters. The summed E-state index contributed by atoms with van der Waals surface area (Å²) >= 11 is 0. The summed E-state index contributed by atoms with van der Waals surface area (Å²) < 4.78 is 40.2. The van der Waals surface area contributed by atoms with E-state index in [-0.39, 0.29) is 17.7 Å². The molecule has 3 aromatic heterocycles. The zero-order valence-corrected chi connectivity index (χ0v) is 15.5. The van der Waals surface area contributed by atoms with E-state index in [0.717, 1.165) is 23.2 Å². The minimum Gasteiger partial charge on any atom is -0.350 e. The Hall–Kier alpha value is -2.75. The van der Waals surface area contributed by atoms with Crippen LogP contribution in [0.25, 0.3) is 5.65 Å². The van der Waals surface area contributed by atoms with Crippen molar-refractivity contribution in [2.75, 3.05) is 18.0 Å². The van der Waals surface area contributed by atoms with Crippen molar-refractivity contribution in [1.29, 1.82) is 0 Å². The number of hydrogen-bond acceptors (Lipinski definition) is 6. The van der Waals surface area contributed by atoms with Crippen molar-refractivity contribution in [3.63, 3.8) is 0 Å². The summed E-state index contributed by atoms with van der Waals surface area (Å²) in [5, 5.41) is 11.0. The number of halogens is 3. The van der Waals surface area contributed by atoms with Gasteiger partial charge < -0.3 is 4.90 Å². The highest BCUT2D eigenvalue weighted by Crippen LogP contribution is 2.29. The van der Waals surface area contributed by atoms with E-state index in [1.165, 1.54) is 6.07 Å². The second kappa shape index (κ2) is 7.01. The molecule has 0 unspecified atom stereocenters. The molecule has 10 heteroatoms. The van der Waals surface area contributed by atoms with Gasteiger partial charge in [0.1, 0.15) is 5.82 Å². The third-order valence-electron chi connectivity index (χ3n) is 5.02. The van der Waals surface area contributed by atoms with Crippen molar-refractivity contribution in [2.24, 2.45) is 0 Å². The van der Waals surface area contributed by atoms with Crippen LogP contribution in [0.1, 0.15) is 25.2 Å². The molecule has 0 N–H and O–H groups in total. The van der Waals surface area contributed by atoms with Crippen LogP contribution in [-0.2, 0) is 12.7 Å². The summed E-state index contributed by atoms with van der Waals surface area (Å²) in [5.41, 5.74) is 1.21. The number of nitrogens with zero attached hydrogens (tertiary/aromatic N) is 7. The highest BCUT2D eigenvalue weighted by molar-refractivity contribution is 5.47. The lowest BCUT2D eigenvalue weighted by molar-refractivity contribution is -0.146. The minimum atomic E-state index is -4.60. The Morgan fingerprint density at radius 2 is 1.89 bits per heavy atom. The number of piperazine rings is 1. The quantitative estimate of drug-likeness (QED) is 0.684. The first kappa shape index (κ1) is 18.6. The Morgan fingerprint density at radius 3 is 2.61 bits per heavy atom. The van der Waals surface area contributed by atoms with Gasteiger partial charge in [-0.2, -0.15) is 17.7 Å². The summed E-state index contributed by atoms with van der Waals surface area (Å²) in [7, 11) is 0. The second-order valence-corrected chi connectivity index (χ2v) is 7.12. The van der Waals surface area contributed by atoms with Gasteiger partial charge in [-0.1, -0.05) is 6.07 Å². The second-order valence-electron chi connectivity index (χ2n) is 7.12. The zero-order chi connectivity index (χ0) is 19.9. The van der Waals surface area contributed by atoms with Crippen LogP contribution in [0.5, 0.6) is 0 Å². The number of fused-ring (bicyclic) bond motifs is 1. The smallest absolute Gasteiger partial charge is 0.350 e. The summed E-state index contributed by atoms with van der Waals surface area (Å²) in [4.78, 5) is 8.53. The fourth-order valence-corrected chi connectivity index (χ4v) is 3.57. The Labute approximate surface area is 159 Å². The highest BCUT2D eigenvalue weighted by Gasteiger charge is 2.38. The molecule has 28 heavy (non-hydrogen) atoms. The van der Waals surface area contributed by atoms with E-state index in [9.17, 15) is 13.2 Å². The van der Waals surface area contributed by atoms with E-state index in [1.54, 1.807) is 12.3 Å². The third kappa shape index (κ3) is 3.51. The molecule has 0 spiro atoms. The van der Waals surface area contributed by atoms with Gasteiger partial charge in [0.15, 0.2) is 5.65 Å². The van der Waals surface area contributed by atoms with Crippen molar-refractivity contribution < 1.29 is 13.2 Å². The van der Waals surface area contributed by atoms with Gasteiger partial charge in [0, 0.05) is 44.1 Å². The highest BCUT2D eigenvalue weighted by atomic mass is 19.4. The topological polar surface area (TPSA) is 62.5 Å². The number of anilines is 1. The van der Waals surface area contributed by atoms with Crippen molar-refractivity contribution in [3.8, 4) is 0 Å².